The van der Waals surface area contributed by atoms with Gasteiger partial charge in [-0.1, -0.05) is 13.3 Å². The fourth-order valence-corrected chi connectivity index (χ4v) is 3.07. The lowest BCUT2D eigenvalue weighted by molar-refractivity contribution is 0.0695. The molecule has 1 atom stereocenters. The van der Waals surface area contributed by atoms with Crippen molar-refractivity contribution in [2.24, 2.45) is 5.92 Å². The van der Waals surface area contributed by atoms with Gasteiger partial charge in [0.15, 0.2) is 5.82 Å². The summed E-state index contributed by atoms with van der Waals surface area (Å²) < 4.78 is 14.3. The van der Waals surface area contributed by atoms with Gasteiger partial charge in [-0.2, -0.15) is 0 Å². The number of halogens is 2. The van der Waals surface area contributed by atoms with Gasteiger partial charge in [0.1, 0.15) is 0 Å². The molecule has 1 aliphatic heterocycles. The summed E-state index contributed by atoms with van der Waals surface area (Å²) in [6, 6.07) is 3.03. The van der Waals surface area contributed by atoms with Gasteiger partial charge in [-0.15, -0.1) is 0 Å². The molecule has 0 spiro atoms. The molecular weight excluding hydrogens is 313 g/mol. The molecule has 1 aromatic carbocycles. The van der Waals surface area contributed by atoms with Crippen molar-refractivity contribution in [3.05, 3.63) is 28.0 Å². The van der Waals surface area contributed by atoms with Crippen molar-refractivity contribution >= 4 is 27.6 Å². The van der Waals surface area contributed by atoms with Crippen LogP contribution in [0.25, 0.3) is 0 Å². The van der Waals surface area contributed by atoms with E-state index in [1.807, 2.05) is 4.90 Å². The number of nitrogens with zero attached hydrogens (tertiary/aromatic N) is 1. The first-order valence-electron chi connectivity index (χ1n) is 6.50. The summed E-state index contributed by atoms with van der Waals surface area (Å²) in [7, 11) is 0. The van der Waals surface area contributed by atoms with Crippen LogP contribution >= 0.6 is 15.9 Å². The normalized spacial score (nSPS) is 19.5. The molecule has 1 unspecified atom stereocenters. The first-order chi connectivity index (χ1) is 9.04. The molecule has 1 aromatic rings. The predicted molar refractivity (Wildman–Crippen MR) is 76.3 cm³/mol. The average Bonchev–Trinajstić information content (AvgIpc) is 2.41. The van der Waals surface area contributed by atoms with E-state index < -0.39 is 11.8 Å². The zero-order valence-electron chi connectivity index (χ0n) is 10.8. The maximum Gasteiger partial charge on any atom is 0.336 e. The minimum Gasteiger partial charge on any atom is -0.478 e. The summed E-state index contributed by atoms with van der Waals surface area (Å²) in [5.41, 5.74) is 0.459. The van der Waals surface area contributed by atoms with Crippen LogP contribution in [-0.2, 0) is 0 Å². The molecule has 0 radical (unpaired) electrons. The van der Waals surface area contributed by atoms with Crippen molar-refractivity contribution in [1.82, 2.24) is 0 Å². The van der Waals surface area contributed by atoms with Gasteiger partial charge in [-0.05, 0) is 46.8 Å². The number of carbonyl (C=O) groups is 1. The zero-order valence-corrected chi connectivity index (χ0v) is 12.4. The molecule has 3 nitrogen and oxygen atoms in total. The quantitative estimate of drug-likeness (QED) is 0.913. The van der Waals surface area contributed by atoms with E-state index in [1.54, 1.807) is 6.07 Å². The highest BCUT2D eigenvalue weighted by atomic mass is 79.9. The molecule has 1 aliphatic rings. The molecule has 2 rings (SSSR count). The second-order valence-electron chi connectivity index (χ2n) is 4.93. The van der Waals surface area contributed by atoms with E-state index in [2.05, 4.69) is 22.9 Å². The van der Waals surface area contributed by atoms with Gasteiger partial charge in [0.05, 0.1) is 15.7 Å². The van der Waals surface area contributed by atoms with E-state index in [-0.39, 0.29) is 10.0 Å². The number of aromatic carboxylic acids is 1. The van der Waals surface area contributed by atoms with E-state index in [4.69, 9.17) is 5.11 Å². The molecule has 1 saturated heterocycles. The molecule has 1 fully saturated rings. The minimum atomic E-state index is -1.12. The highest BCUT2D eigenvalue weighted by Gasteiger charge is 2.23. The third-order valence-electron chi connectivity index (χ3n) is 3.73. The number of benzene rings is 1. The molecule has 1 N–H and O–H groups in total. The smallest absolute Gasteiger partial charge is 0.336 e. The first-order valence-corrected chi connectivity index (χ1v) is 7.30. The fourth-order valence-electron chi connectivity index (χ4n) is 2.57. The van der Waals surface area contributed by atoms with Gasteiger partial charge in [0.25, 0.3) is 0 Å². The Labute approximate surface area is 120 Å². The lowest BCUT2D eigenvalue weighted by Gasteiger charge is -2.34. The predicted octanol–water partition coefficient (Wildman–Crippen LogP) is 3.91. The van der Waals surface area contributed by atoms with Gasteiger partial charge in [0, 0.05) is 13.1 Å². The molecule has 5 heteroatoms. The third-order valence-corrected chi connectivity index (χ3v) is 4.50. The number of hydrogen-bond acceptors (Lipinski definition) is 2. The second-order valence-corrected chi connectivity index (χ2v) is 5.72. The van der Waals surface area contributed by atoms with E-state index >= 15 is 0 Å². The van der Waals surface area contributed by atoms with E-state index in [0.29, 0.717) is 11.6 Å². The Balaban J connectivity index is 2.30. The molecule has 1 heterocycles. The Bertz CT molecular complexity index is 493. The Morgan fingerprint density at radius 2 is 2.32 bits per heavy atom. The maximum absolute atomic E-state index is 14.3. The minimum absolute atomic E-state index is 0.0368. The monoisotopic (exact) mass is 329 g/mol. The molecule has 104 valence electrons. The SMILES string of the molecule is CCC1CCCN(c2ccc(C(=O)O)c(Br)c2F)C1. The molecule has 0 amide bonds. The summed E-state index contributed by atoms with van der Waals surface area (Å²) in [4.78, 5) is 13.0. The Morgan fingerprint density at radius 3 is 2.95 bits per heavy atom. The summed E-state index contributed by atoms with van der Waals surface area (Å²) in [6.45, 7) is 3.81. The standard InChI is InChI=1S/C14H17BrFNO2/c1-2-9-4-3-7-17(8-9)11-6-5-10(14(18)19)12(15)13(11)16/h5-6,9H,2-4,7-8H2,1H3,(H,18,19). The third kappa shape index (κ3) is 2.91. The highest BCUT2D eigenvalue weighted by molar-refractivity contribution is 9.10. The van der Waals surface area contributed by atoms with Crippen LogP contribution in [0, 0.1) is 11.7 Å². The fraction of sp³-hybridized carbons (Fsp3) is 0.500. The number of hydrogen-bond donors (Lipinski definition) is 1. The van der Waals surface area contributed by atoms with Crippen LogP contribution in [0.3, 0.4) is 0 Å². The molecule has 0 bridgehead atoms. The number of anilines is 1. The van der Waals surface area contributed by atoms with Crippen molar-refractivity contribution < 1.29 is 14.3 Å². The number of carboxylic acid groups (broad SMARTS) is 1. The first kappa shape index (κ1) is 14.3. The van der Waals surface area contributed by atoms with Crippen molar-refractivity contribution in [3.8, 4) is 0 Å². The van der Waals surface area contributed by atoms with Crippen molar-refractivity contribution in [2.45, 2.75) is 26.2 Å². The molecule has 0 saturated carbocycles. The molecular formula is C14H17BrFNO2. The average molecular weight is 330 g/mol. The number of carboxylic acids is 1. The summed E-state index contributed by atoms with van der Waals surface area (Å²) in [6.07, 6.45) is 3.33. The van der Waals surface area contributed by atoms with E-state index in [9.17, 15) is 9.18 Å². The topological polar surface area (TPSA) is 40.5 Å². The second kappa shape index (κ2) is 5.90. The molecule has 0 aliphatic carbocycles. The van der Waals surface area contributed by atoms with Crippen LogP contribution in [0.1, 0.15) is 36.5 Å². The van der Waals surface area contributed by atoms with Crippen molar-refractivity contribution in [3.63, 3.8) is 0 Å². The van der Waals surface area contributed by atoms with Crippen LogP contribution in [-0.4, -0.2) is 24.2 Å². The van der Waals surface area contributed by atoms with Crippen LogP contribution in [0.5, 0.6) is 0 Å². The van der Waals surface area contributed by atoms with Crippen LogP contribution in [0.15, 0.2) is 16.6 Å². The highest BCUT2D eigenvalue weighted by Crippen LogP contribution is 2.32. The van der Waals surface area contributed by atoms with Gasteiger partial charge >= 0.3 is 5.97 Å². The van der Waals surface area contributed by atoms with Crippen LogP contribution in [0.4, 0.5) is 10.1 Å². The Kier molecular flexibility index (Phi) is 4.45. The Hall–Kier alpha value is -1.10. The molecule has 0 aromatic heterocycles. The number of piperidine rings is 1. The lowest BCUT2D eigenvalue weighted by Crippen LogP contribution is -2.35. The van der Waals surface area contributed by atoms with Crippen molar-refractivity contribution in [1.29, 1.82) is 0 Å². The zero-order chi connectivity index (χ0) is 14.0. The Morgan fingerprint density at radius 1 is 1.58 bits per heavy atom. The van der Waals surface area contributed by atoms with Crippen LogP contribution < -0.4 is 4.90 Å². The van der Waals surface area contributed by atoms with Gasteiger partial charge in [0.2, 0.25) is 0 Å². The maximum atomic E-state index is 14.3. The summed E-state index contributed by atoms with van der Waals surface area (Å²) >= 11 is 3.05. The summed E-state index contributed by atoms with van der Waals surface area (Å²) in [5.74, 6) is -1.01. The largest absolute Gasteiger partial charge is 0.478 e. The van der Waals surface area contributed by atoms with Crippen LogP contribution in [0.2, 0.25) is 0 Å². The van der Waals surface area contributed by atoms with E-state index in [1.165, 1.54) is 12.5 Å². The number of rotatable bonds is 3. The van der Waals surface area contributed by atoms with Gasteiger partial charge in [-0.25, -0.2) is 9.18 Å². The molecule has 19 heavy (non-hydrogen) atoms. The van der Waals surface area contributed by atoms with Gasteiger partial charge < -0.3 is 10.0 Å². The van der Waals surface area contributed by atoms with E-state index in [0.717, 1.165) is 25.9 Å². The van der Waals surface area contributed by atoms with Crippen molar-refractivity contribution in [2.75, 3.05) is 18.0 Å². The lowest BCUT2D eigenvalue weighted by atomic mass is 9.95. The van der Waals surface area contributed by atoms with Gasteiger partial charge in [-0.3, -0.25) is 0 Å². The summed E-state index contributed by atoms with van der Waals surface area (Å²) in [5, 5.41) is 8.96.